The van der Waals surface area contributed by atoms with Gasteiger partial charge in [-0.25, -0.2) is 4.39 Å². The van der Waals surface area contributed by atoms with E-state index in [-0.39, 0.29) is 5.82 Å². The monoisotopic (exact) mass is 210 g/mol. The zero-order chi connectivity index (χ0) is 11.3. The van der Waals surface area contributed by atoms with E-state index in [9.17, 15) is 4.39 Å². The van der Waals surface area contributed by atoms with Gasteiger partial charge in [0.25, 0.3) is 0 Å². The fourth-order valence-corrected chi connectivity index (χ4v) is 1.20. The Balaban J connectivity index is 2.97. The molecule has 0 aromatic heterocycles. The maximum absolute atomic E-state index is 13.4. The van der Waals surface area contributed by atoms with E-state index in [1.54, 1.807) is 12.1 Å². The first-order valence-electron chi connectivity index (χ1n) is 4.68. The molecule has 0 heterocycles. The summed E-state index contributed by atoms with van der Waals surface area (Å²) in [6, 6.07) is 2.82. The molecule has 1 aromatic rings. The van der Waals surface area contributed by atoms with Gasteiger partial charge in [-0.15, -0.1) is 0 Å². The van der Waals surface area contributed by atoms with Crippen LogP contribution in [0.15, 0.2) is 18.2 Å². The number of nitrogens with two attached hydrogens (primary N) is 2. The topological polar surface area (TPSA) is 61.3 Å². The van der Waals surface area contributed by atoms with Crippen LogP contribution in [0.3, 0.4) is 0 Å². The van der Waals surface area contributed by atoms with Gasteiger partial charge in [0, 0.05) is 11.6 Å². The zero-order valence-corrected chi connectivity index (χ0v) is 8.66. The Bertz CT molecular complexity index is 364. The average molecular weight is 210 g/mol. The summed E-state index contributed by atoms with van der Waals surface area (Å²) >= 11 is 0. The van der Waals surface area contributed by atoms with Crippen LogP contribution in [-0.2, 0) is 0 Å². The van der Waals surface area contributed by atoms with Gasteiger partial charge in [0.2, 0.25) is 0 Å². The number of hydrogen-bond donors (Lipinski definition) is 2. The molecule has 0 fully saturated rings. The molecule has 15 heavy (non-hydrogen) atoms. The highest BCUT2D eigenvalue weighted by atomic mass is 19.1. The van der Waals surface area contributed by atoms with Crippen LogP contribution < -0.4 is 16.2 Å². The van der Waals surface area contributed by atoms with Gasteiger partial charge in [-0.1, -0.05) is 12.2 Å². The molecule has 0 amide bonds. The van der Waals surface area contributed by atoms with Gasteiger partial charge in [0.15, 0.2) is 0 Å². The molecule has 82 valence electrons. The molecule has 0 atom stereocenters. The molecule has 4 heteroatoms. The van der Waals surface area contributed by atoms with E-state index in [1.165, 1.54) is 13.2 Å². The normalized spacial score (nSPS) is 10.9. The summed E-state index contributed by atoms with van der Waals surface area (Å²) in [7, 11) is 1.50. The number of nitrogen functional groups attached to an aromatic ring is 1. The molecular formula is C11H15FN2O. The fraction of sp³-hybridized carbons (Fsp3) is 0.273. The third kappa shape index (κ3) is 2.95. The highest BCUT2D eigenvalue weighted by Crippen LogP contribution is 2.25. The van der Waals surface area contributed by atoms with E-state index in [1.807, 2.05) is 6.08 Å². The SMILES string of the molecule is COc1cc(C=CCCN)c(F)cc1N. The van der Waals surface area contributed by atoms with Crippen molar-refractivity contribution >= 4 is 11.8 Å². The molecule has 0 spiro atoms. The molecule has 0 saturated carbocycles. The average Bonchev–Trinajstić information content (AvgIpc) is 2.21. The van der Waals surface area contributed by atoms with Gasteiger partial charge in [-0.05, 0) is 19.0 Å². The molecule has 1 aromatic carbocycles. The maximum Gasteiger partial charge on any atom is 0.142 e. The lowest BCUT2D eigenvalue weighted by Gasteiger charge is -2.06. The summed E-state index contributed by atoms with van der Waals surface area (Å²) in [5.74, 6) is 0.116. The van der Waals surface area contributed by atoms with Gasteiger partial charge in [0.1, 0.15) is 11.6 Å². The van der Waals surface area contributed by atoms with Gasteiger partial charge >= 0.3 is 0 Å². The molecule has 0 unspecified atom stereocenters. The molecular weight excluding hydrogens is 195 g/mol. The maximum atomic E-state index is 13.4. The lowest BCUT2D eigenvalue weighted by molar-refractivity contribution is 0.416. The number of halogens is 1. The van der Waals surface area contributed by atoms with Crippen molar-refractivity contribution in [3.05, 3.63) is 29.6 Å². The smallest absolute Gasteiger partial charge is 0.142 e. The first-order chi connectivity index (χ1) is 7.19. The van der Waals surface area contributed by atoms with Crippen LogP contribution in [0.4, 0.5) is 10.1 Å². The Hall–Kier alpha value is -1.55. The predicted molar refractivity (Wildman–Crippen MR) is 60.1 cm³/mol. The third-order valence-corrected chi connectivity index (χ3v) is 1.98. The van der Waals surface area contributed by atoms with Crippen LogP contribution in [-0.4, -0.2) is 13.7 Å². The van der Waals surface area contributed by atoms with Gasteiger partial charge < -0.3 is 16.2 Å². The largest absolute Gasteiger partial charge is 0.495 e. The van der Waals surface area contributed by atoms with E-state index in [0.717, 1.165) is 0 Å². The third-order valence-electron chi connectivity index (χ3n) is 1.98. The quantitative estimate of drug-likeness (QED) is 0.744. The Morgan fingerprint density at radius 2 is 2.20 bits per heavy atom. The van der Waals surface area contributed by atoms with Crippen LogP contribution >= 0.6 is 0 Å². The Kier molecular flexibility index (Phi) is 4.12. The molecule has 0 saturated heterocycles. The zero-order valence-electron chi connectivity index (χ0n) is 8.66. The van der Waals surface area contributed by atoms with E-state index in [4.69, 9.17) is 16.2 Å². The predicted octanol–water partition coefficient (Wildman–Crippen LogP) is 1.78. The summed E-state index contributed by atoms with van der Waals surface area (Å²) in [6.45, 7) is 0.546. The summed E-state index contributed by atoms with van der Waals surface area (Å²) in [4.78, 5) is 0. The first kappa shape index (κ1) is 11.5. The molecule has 0 aliphatic rings. The van der Waals surface area contributed by atoms with Crippen molar-refractivity contribution in [2.45, 2.75) is 6.42 Å². The second-order valence-electron chi connectivity index (χ2n) is 3.10. The van der Waals surface area contributed by atoms with Crippen LogP contribution in [0.2, 0.25) is 0 Å². The second kappa shape index (κ2) is 5.36. The number of ether oxygens (including phenoxy) is 1. The Morgan fingerprint density at radius 3 is 2.80 bits per heavy atom. The summed E-state index contributed by atoms with van der Waals surface area (Å²) < 4.78 is 18.4. The number of hydrogen-bond acceptors (Lipinski definition) is 3. The van der Waals surface area contributed by atoms with Gasteiger partial charge in [-0.3, -0.25) is 0 Å². The molecule has 3 nitrogen and oxygen atoms in total. The minimum Gasteiger partial charge on any atom is -0.495 e. The first-order valence-corrected chi connectivity index (χ1v) is 4.68. The lowest BCUT2D eigenvalue weighted by Crippen LogP contribution is -1.96. The van der Waals surface area contributed by atoms with Crippen LogP contribution in [0.25, 0.3) is 6.08 Å². The number of benzene rings is 1. The van der Waals surface area contributed by atoms with Gasteiger partial charge in [0.05, 0.1) is 12.8 Å². The van der Waals surface area contributed by atoms with Gasteiger partial charge in [-0.2, -0.15) is 0 Å². The van der Waals surface area contributed by atoms with E-state index in [0.29, 0.717) is 30.0 Å². The molecule has 0 bridgehead atoms. The minimum atomic E-state index is -0.360. The number of rotatable bonds is 4. The van der Waals surface area contributed by atoms with Crippen molar-refractivity contribution in [1.29, 1.82) is 0 Å². The van der Waals surface area contributed by atoms with E-state index in [2.05, 4.69) is 0 Å². The van der Waals surface area contributed by atoms with Crippen molar-refractivity contribution in [3.63, 3.8) is 0 Å². The summed E-state index contributed by atoms with van der Waals surface area (Å²) in [5, 5.41) is 0. The van der Waals surface area contributed by atoms with E-state index >= 15 is 0 Å². The minimum absolute atomic E-state index is 0.297. The summed E-state index contributed by atoms with van der Waals surface area (Å²) in [5.41, 5.74) is 11.6. The standard InChI is InChI=1S/C11H15FN2O/c1-15-11-6-8(4-2-3-5-13)9(12)7-10(11)14/h2,4,6-7H,3,5,13-14H2,1H3. The van der Waals surface area contributed by atoms with Crippen molar-refractivity contribution in [2.24, 2.45) is 5.73 Å². The Labute approximate surface area is 88.5 Å². The van der Waals surface area contributed by atoms with Crippen molar-refractivity contribution in [1.82, 2.24) is 0 Å². The molecule has 4 N–H and O–H groups in total. The van der Waals surface area contributed by atoms with Crippen LogP contribution in [0, 0.1) is 5.82 Å². The molecule has 0 radical (unpaired) electrons. The molecule has 1 rings (SSSR count). The fourth-order valence-electron chi connectivity index (χ4n) is 1.20. The van der Waals surface area contributed by atoms with Crippen LogP contribution in [0.5, 0.6) is 5.75 Å². The number of anilines is 1. The lowest BCUT2D eigenvalue weighted by atomic mass is 10.1. The molecule has 0 aliphatic heterocycles. The van der Waals surface area contributed by atoms with E-state index < -0.39 is 0 Å². The van der Waals surface area contributed by atoms with Crippen LogP contribution in [0.1, 0.15) is 12.0 Å². The number of methoxy groups -OCH3 is 1. The Morgan fingerprint density at radius 1 is 1.47 bits per heavy atom. The highest BCUT2D eigenvalue weighted by molar-refractivity contribution is 5.61. The van der Waals surface area contributed by atoms with Crippen molar-refractivity contribution < 1.29 is 9.13 Å². The highest BCUT2D eigenvalue weighted by Gasteiger charge is 2.05. The van der Waals surface area contributed by atoms with Crippen molar-refractivity contribution in [3.8, 4) is 5.75 Å². The summed E-state index contributed by atoms with van der Waals surface area (Å²) in [6.07, 6.45) is 4.20. The molecule has 0 aliphatic carbocycles. The van der Waals surface area contributed by atoms with Crippen molar-refractivity contribution in [2.75, 3.05) is 19.4 Å². The second-order valence-corrected chi connectivity index (χ2v) is 3.10.